The molecule has 0 saturated carbocycles. The van der Waals surface area contributed by atoms with Crippen LogP contribution in [0.5, 0.6) is 0 Å². The molecule has 1 N–H and O–H groups in total. The summed E-state index contributed by atoms with van der Waals surface area (Å²) in [5, 5.41) is 5.60. The lowest BCUT2D eigenvalue weighted by atomic mass is 10.1. The molecule has 0 atom stereocenters. The molecule has 4 heteroatoms. The summed E-state index contributed by atoms with van der Waals surface area (Å²) < 4.78 is 0. The van der Waals surface area contributed by atoms with E-state index in [0.29, 0.717) is 11.6 Å². The smallest absolute Gasteiger partial charge is 0.226 e. The third kappa shape index (κ3) is 5.79. The van der Waals surface area contributed by atoms with Gasteiger partial charge in [-0.3, -0.25) is 4.79 Å². The molecule has 1 aromatic heterocycles. The summed E-state index contributed by atoms with van der Waals surface area (Å²) in [6.07, 6.45) is 7.43. The fourth-order valence-electron chi connectivity index (χ4n) is 2.45. The van der Waals surface area contributed by atoms with E-state index >= 15 is 0 Å². The van der Waals surface area contributed by atoms with Gasteiger partial charge in [0, 0.05) is 17.4 Å². The first kappa shape index (κ1) is 17.7. The van der Waals surface area contributed by atoms with E-state index in [4.69, 9.17) is 0 Å². The van der Waals surface area contributed by atoms with E-state index in [-0.39, 0.29) is 5.91 Å². The van der Waals surface area contributed by atoms with Crippen molar-refractivity contribution in [2.75, 3.05) is 5.32 Å². The highest BCUT2D eigenvalue weighted by Crippen LogP contribution is 2.25. The molecular formula is C19H26N2OS. The van der Waals surface area contributed by atoms with Gasteiger partial charge in [0.25, 0.3) is 0 Å². The first-order chi connectivity index (χ1) is 11.2. The van der Waals surface area contributed by atoms with Gasteiger partial charge in [-0.25, -0.2) is 4.98 Å². The quantitative estimate of drug-likeness (QED) is 0.602. The van der Waals surface area contributed by atoms with E-state index in [2.05, 4.69) is 48.4 Å². The predicted octanol–water partition coefficient (Wildman–Crippen LogP) is 5.67. The molecule has 3 nitrogen and oxygen atoms in total. The second-order valence-electron chi connectivity index (χ2n) is 5.80. The second-order valence-corrected chi connectivity index (χ2v) is 6.66. The van der Waals surface area contributed by atoms with Crippen molar-refractivity contribution in [1.29, 1.82) is 0 Å². The number of hydrogen-bond donors (Lipinski definition) is 1. The summed E-state index contributed by atoms with van der Waals surface area (Å²) in [7, 11) is 0. The van der Waals surface area contributed by atoms with Crippen LogP contribution in [0.1, 0.15) is 57.9 Å². The molecule has 1 amide bonds. The zero-order chi connectivity index (χ0) is 16.5. The normalized spacial score (nSPS) is 10.7. The van der Waals surface area contributed by atoms with Crippen molar-refractivity contribution >= 4 is 22.4 Å². The third-order valence-electron chi connectivity index (χ3n) is 3.92. The number of unbranched alkanes of at least 4 members (excludes halogenated alkanes) is 4. The number of aromatic nitrogens is 1. The fourth-order valence-corrected chi connectivity index (χ4v) is 3.18. The van der Waals surface area contributed by atoms with Crippen molar-refractivity contribution in [2.24, 2.45) is 0 Å². The topological polar surface area (TPSA) is 42.0 Å². The molecule has 2 rings (SSSR count). The molecule has 1 heterocycles. The summed E-state index contributed by atoms with van der Waals surface area (Å²) in [5.74, 6) is 0.0729. The zero-order valence-electron chi connectivity index (χ0n) is 14.1. The fraction of sp³-hybridized carbons (Fsp3) is 0.474. The number of nitrogens with zero attached hydrogens (tertiary/aromatic N) is 1. The maximum atomic E-state index is 11.9. The molecule has 0 saturated heterocycles. The molecule has 1 aromatic carbocycles. The van der Waals surface area contributed by atoms with Crippen molar-refractivity contribution in [3.05, 3.63) is 35.2 Å². The number of rotatable bonds is 9. The molecule has 0 aliphatic carbocycles. The molecular weight excluding hydrogens is 304 g/mol. The molecule has 0 fully saturated rings. The Labute approximate surface area is 143 Å². The van der Waals surface area contributed by atoms with E-state index in [1.54, 1.807) is 0 Å². The summed E-state index contributed by atoms with van der Waals surface area (Å²) in [4.78, 5) is 16.5. The lowest BCUT2D eigenvalue weighted by Crippen LogP contribution is -2.10. The Kier molecular flexibility index (Phi) is 7.27. The Hall–Kier alpha value is -1.68. The van der Waals surface area contributed by atoms with Gasteiger partial charge >= 0.3 is 0 Å². The highest BCUT2D eigenvalue weighted by atomic mass is 32.1. The van der Waals surface area contributed by atoms with E-state index in [1.807, 2.05) is 5.38 Å². The van der Waals surface area contributed by atoms with Crippen molar-refractivity contribution in [3.8, 4) is 11.3 Å². The van der Waals surface area contributed by atoms with Crippen LogP contribution in [0.15, 0.2) is 29.6 Å². The lowest BCUT2D eigenvalue weighted by Gasteiger charge is -2.02. The number of aryl methyl sites for hydroxylation is 1. The Balaban J connectivity index is 1.83. The summed E-state index contributed by atoms with van der Waals surface area (Å²) in [6, 6.07) is 8.44. The minimum Gasteiger partial charge on any atom is -0.302 e. The van der Waals surface area contributed by atoms with Crippen molar-refractivity contribution < 1.29 is 4.79 Å². The number of thiazole rings is 1. The molecule has 0 unspecified atom stereocenters. The predicted molar refractivity (Wildman–Crippen MR) is 98.9 cm³/mol. The minimum atomic E-state index is 0.0729. The first-order valence-corrected chi connectivity index (χ1v) is 9.45. The van der Waals surface area contributed by atoms with Crippen LogP contribution in [0.25, 0.3) is 11.3 Å². The van der Waals surface area contributed by atoms with Gasteiger partial charge in [-0.2, -0.15) is 0 Å². The van der Waals surface area contributed by atoms with Gasteiger partial charge in [-0.05, 0) is 18.4 Å². The molecule has 124 valence electrons. The Morgan fingerprint density at radius 1 is 1.09 bits per heavy atom. The molecule has 2 aromatic rings. The van der Waals surface area contributed by atoms with Crippen molar-refractivity contribution in [2.45, 2.75) is 58.8 Å². The van der Waals surface area contributed by atoms with Gasteiger partial charge in [-0.15, -0.1) is 11.3 Å². The van der Waals surface area contributed by atoms with Crippen LogP contribution < -0.4 is 5.32 Å². The molecule has 0 aliphatic rings. The summed E-state index contributed by atoms with van der Waals surface area (Å²) in [6.45, 7) is 4.34. The number of benzene rings is 1. The van der Waals surface area contributed by atoms with Gasteiger partial charge in [0.2, 0.25) is 5.91 Å². The van der Waals surface area contributed by atoms with Crippen LogP contribution in [-0.4, -0.2) is 10.9 Å². The maximum absolute atomic E-state index is 11.9. The molecule has 0 aliphatic heterocycles. The van der Waals surface area contributed by atoms with Crippen LogP contribution in [0, 0.1) is 0 Å². The van der Waals surface area contributed by atoms with Gasteiger partial charge in [0.15, 0.2) is 5.13 Å². The van der Waals surface area contributed by atoms with Gasteiger partial charge in [0.1, 0.15) is 0 Å². The maximum Gasteiger partial charge on any atom is 0.226 e. The standard InChI is InChI=1S/C19H26N2OS/c1-3-5-6-7-8-9-18(22)21-19-20-17(14-23-19)16-12-10-15(4-2)11-13-16/h10-14H,3-9H2,1-2H3,(H,20,21,22). The van der Waals surface area contributed by atoms with E-state index in [1.165, 1.54) is 36.2 Å². The van der Waals surface area contributed by atoms with Gasteiger partial charge < -0.3 is 5.32 Å². The van der Waals surface area contributed by atoms with Crippen LogP contribution in [0.3, 0.4) is 0 Å². The highest BCUT2D eigenvalue weighted by molar-refractivity contribution is 7.14. The van der Waals surface area contributed by atoms with Crippen LogP contribution in [0.2, 0.25) is 0 Å². The Morgan fingerprint density at radius 3 is 2.52 bits per heavy atom. The number of amides is 1. The van der Waals surface area contributed by atoms with Crippen molar-refractivity contribution in [1.82, 2.24) is 4.98 Å². The number of carbonyl (C=O) groups excluding carboxylic acids is 1. The summed E-state index contributed by atoms with van der Waals surface area (Å²) in [5.41, 5.74) is 3.34. The average molecular weight is 330 g/mol. The molecule has 0 spiro atoms. The van der Waals surface area contributed by atoms with E-state index in [0.717, 1.165) is 30.5 Å². The van der Waals surface area contributed by atoms with Gasteiger partial charge in [-0.1, -0.05) is 63.8 Å². The van der Waals surface area contributed by atoms with Crippen LogP contribution in [0.4, 0.5) is 5.13 Å². The number of nitrogens with one attached hydrogen (secondary N) is 1. The number of hydrogen-bond acceptors (Lipinski definition) is 3. The van der Waals surface area contributed by atoms with E-state index < -0.39 is 0 Å². The lowest BCUT2D eigenvalue weighted by molar-refractivity contribution is -0.116. The minimum absolute atomic E-state index is 0.0729. The molecule has 23 heavy (non-hydrogen) atoms. The Morgan fingerprint density at radius 2 is 1.83 bits per heavy atom. The van der Waals surface area contributed by atoms with Crippen LogP contribution in [-0.2, 0) is 11.2 Å². The highest BCUT2D eigenvalue weighted by Gasteiger charge is 2.08. The third-order valence-corrected chi connectivity index (χ3v) is 4.67. The summed E-state index contributed by atoms with van der Waals surface area (Å²) >= 11 is 1.49. The second kappa shape index (κ2) is 9.46. The number of carbonyl (C=O) groups is 1. The van der Waals surface area contributed by atoms with Crippen molar-refractivity contribution in [3.63, 3.8) is 0 Å². The molecule has 0 radical (unpaired) electrons. The van der Waals surface area contributed by atoms with Gasteiger partial charge in [0.05, 0.1) is 5.69 Å². The zero-order valence-corrected chi connectivity index (χ0v) is 14.9. The van der Waals surface area contributed by atoms with Crippen LogP contribution >= 0.6 is 11.3 Å². The first-order valence-electron chi connectivity index (χ1n) is 8.57. The monoisotopic (exact) mass is 330 g/mol. The number of anilines is 1. The average Bonchev–Trinajstić information content (AvgIpc) is 3.03. The Bertz CT molecular complexity index is 604. The SMILES string of the molecule is CCCCCCCC(=O)Nc1nc(-c2ccc(CC)cc2)cs1. The molecule has 0 bridgehead atoms. The largest absolute Gasteiger partial charge is 0.302 e. The van der Waals surface area contributed by atoms with E-state index in [9.17, 15) is 4.79 Å².